The Kier molecular flexibility index (Phi) is 18.5. The van der Waals surface area contributed by atoms with Crippen molar-refractivity contribution in [2.45, 2.75) is 48.1 Å². The monoisotopic (exact) mass is 266 g/mol. The number of benzene rings is 1. The van der Waals surface area contributed by atoms with Gasteiger partial charge in [-0.1, -0.05) is 71.9 Å². The number of hydrogen-bond donors (Lipinski definition) is 1. The van der Waals surface area contributed by atoms with Crippen LogP contribution in [0.3, 0.4) is 0 Å². The van der Waals surface area contributed by atoms with Crippen molar-refractivity contribution in [2.75, 3.05) is 26.2 Å². The van der Waals surface area contributed by atoms with Gasteiger partial charge in [0, 0.05) is 32.7 Å². The van der Waals surface area contributed by atoms with Gasteiger partial charge in [0.1, 0.15) is 0 Å². The second-order valence-electron chi connectivity index (χ2n) is 3.51. The van der Waals surface area contributed by atoms with Crippen molar-refractivity contribution in [2.24, 2.45) is 0 Å². The molecule has 0 spiro atoms. The first-order valence-corrected chi connectivity index (χ1v) is 7.92. The molecule has 1 aromatic rings. The van der Waals surface area contributed by atoms with Crippen LogP contribution in [0, 0.1) is 0 Å². The summed E-state index contributed by atoms with van der Waals surface area (Å²) < 4.78 is 0. The van der Waals surface area contributed by atoms with Gasteiger partial charge in [-0.25, -0.2) is 0 Å². The first-order chi connectivity index (χ1) is 9.45. The molecule has 0 radical (unpaired) electrons. The Morgan fingerprint density at radius 1 is 0.842 bits per heavy atom. The van der Waals surface area contributed by atoms with Gasteiger partial charge in [0.05, 0.1) is 0 Å². The lowest BCUT2D eigenvalue weighted by Gasteiger charge is -2.27. The molecule has 0 aromatic heterocycles. The third-order valence-corrected chi connectivity index (χ3v) is 2.46. The van der Waals surface area contributed by atoms with E-state index in [4.69, 9.17) is 0 Å². The van der Waals surface area contributed by atoms with E-state index >= 15 is 0 Å². The summed E-state index contributed by atoms with van der Waals surface area (Å²) in [5, 5.41) is 3.36. The van der Waals surface area contributed by atoms with Crippen molar-refractivity contribution in [3.63, 3.8) is 0 Å². The Hall–Kier alpha value is -0.860. The van der Waals surface area contributed by atoms with Gasteiger partial charge in [0.2, 0.25) is 0 Å². The molecule has 1 aliphatic rings. The van der Waals surface area contributed by atoms with Crippen molar-refractivity contribution in [3.05, 3.63) is 35.9 Å². The molecule has 0 aliphatic carbocycles. The molecular weight excluding hydrogens is 232 g/mol. The van der Waals surface area contributed by atoms with E-state index in [2.05, 4.69) is 40.5 Å². The summed E-state index contributed by atoms with van der Waals surface area (Å²) in [6.07, 6.45) is 0. The maximum Gasteiger partial charge on any atom is 0.0234 e. The summed E-state index contributed by atoms with van der Waals surface area (Å²) in [5.74, 6) is 0. The van der Waals surface area contributed by atoms with E-state index in [-0.39, 0.29) is 0 Å². The Morgan fingerprint density at radius 2 is 1.32 bits per heavy atom. The van der Waals surface area contributed by atoms with E-state index < -0.39 is 0 Å². The molecule has 1 saturated heterocycles. The van der Waals surface area contributed by atoms with E-state index in [1.54, 1.807) is 0 Å². The van der Waals surface area contributed by atoms with Gasteiger partial charge in [-0.3, -0.25) is 4.90 Å². The largest absolute Gasteiger partial charge is 0.314 e. The Morgan fingerprint density at radius 3 is 1.79 bits per heavy atom. The first kappa shape index (κ1) is 20.5. The van der Waals surface area contributed by atoms with Gasteiger partial charge >= 0.3 is 0 Å². The molecule has 2 nitrogen and oxygen atoms in total. The van der Waals surface area contributed by atoms with Crippen LogP contribution < -0.4 is 5.32 Å². The van der Waals surface area contributed by atoms with Crippen LogP contribution in [0.25, 0.3) is 0 Å². The highest BCUT2D eigenvalue weighted by Gasteiger charge is 2.08. The predicted octanol–water partition coefficient (Wildman–Crippen LogP) is 4.17. The summed E-state index contributed by atoms with van der Waals surface area (Å²) in [6, 6.07) is 10.7. The molecule has 112 valence electrons. The molecule has 2 rings (SSSR count). The van der Waals surface area contributed by atoms with Crippen LogP contribution in [0.2, 0.25) is 0 Å². The zero-order valence-corrected chi connectivity index (χ0v) is 13.9. The highest BCUT2D eigenvalue weighted by molar-refractivity contribution is 5.14. The lowest BCUT2D eigenvalue weighted by Crippen LogP contribution is -2.42. The van der Waals surface area contributed by atoms with Gasteiger partial charge in [0.15, 0.2) is 0 Å². The molecule has 0 saturated carbocycles. The van der Waals surface area contributed by atoms with Crippen molar-refractivity contribution in [3.8, 4) is 0 Å². The third kappa shape index (κ3) is 10.7. The zero-order valence-electron chi connectivity index (χ0n) is 13.9. The Balaban J connectivity index is 0. The summed E-state index contributed by atoms with van der Waals surface area (Å²) in [7, 11) is 0. The van der Waals surface area contributed by atoms with Crippen LogP contribution in [0.4, 0.5) is 0 Å². The topological polar surface area (TPSA) is 15.3 Å². The number of hydrogen-bond acceptors (Lipinski definition) is 2. The average molecular weight is 266 g/mol. The zero-order chi connectivity index (χ0) is 14.9. The molecule has 1 fully saturated rings. The highest BCUT2D eigenvalue weighted by atomic mass is 15.2. The van der Waals surface area contributed by atoms with Crippen LogP contribution in [-0.2, 0) is 6.54 Å². The minimum absolute atomic E-state index is 1.10. The van der Waals surface area contributed by atoms with Gasteiger partial charge in [0.25, 0.3) is 0 Å². The van der Waals surface area contributed by atoms with E-state index in [0.29, 0.717) is 0 Å². The van der Waals surface area contributed by atoms with Crippen molar-refractivity contribution >= 4 is 0 Å². The molecule has 1 heterocycles. The van der Waals surface area contributed by atoms with Crippen LogP contribution >= 0.6 is 0 Å². The van der Waals surface area contributed by atoms with Gasteiger partial charge in [-0.05, 0) is 5.56 Å². The smallest absolute Gasteiger partial charge is 0.0234 e. The third-order valence-electron chi connectivity index (χ3n) is 2.46. The maximum atomic E-state index is 3.36. The van der Waals surface area contributed by atoms with E-state index in [0.717, 1.165) is 19.6 Å². The minimum atomic E-state index is 1.10. The van der Waals surface area contributed by atoms with Crippen molar-refractivity contribution in [1.82, 2.24) is 10.2 Å². The molecular formula is C17H34N2. The van der Waals surface area contributed by atoms with E-state index in [1.807, 2.05) is 41.5 Å². The Bertz CT molecular complexity index is 241. The summed E-state index contributed by atoms with van der Waals surface area (Å²) in [4.78, 5) is 2.49. The average Bonchev–Trinajstić information content (AvgIpc) is 2.55. The van der Waals surface area contributed by atoms with Crippen LogP contribution in [0.1, 0.15) is 47.1 Å². The molecule has 1 N–H and O–H groups in total. The molecule has 1 aliphatic heterocycles. The lowest BCUT2D eigenvalue weighted by atomic mass is 10.2. The van der Waals surface area contributed by atoms with E-state index in [9.17, 15) is 0 Å². The number of rotatable bonds is 2. The number of piperazine rings is 1. The minimum Gasteiger partial charge on any atom is -0.314 e. The predicted molar refractivity (Wildman–Crippen MR) is 88.6 cm³/mol. The molecule has 0 amide bonds. The molecule has 0 bridgehead atoms. The fourth-order valence-electron chi connectivity index (χ4n) is 1.71. The van der Waals surface area contributed by atoms with Crippen LogP contribution in [0.15, 0.2) is 30.3 Å². The van der Waals surface area contributed by atoms with Crippen LogP contribution in [-0.4, -0.2) is 31.1 Å². The summed E-state index contributed by atoms with van der Waals surface area (Å²) in [5.41, 5.74) is 1.42. The molecule has 0 atom stereocenters. The molecule has 2 heteroatoms. The second kappa shape index (κ2) is 17.1. The number of nitrogens with zero attached hydrogens (tertiary/aromatic N) is 1. The highest BCUT2D eigenvalue weighted by Crippen LogP contribution is 2.04. The van der Waals surface area contributed by atoms with Gasteiger partial charge in [-0.2, -0.15) is 0 Å². The first-order valence-electron chi connectivity index (χ1n) is 7.92. The standard InChI is InChI=1S/C11H16N2.3C2H6/c1-2-4-11(5-3-1)10-13-8-6-12-7-9-13;3*1-2/h1-5,12H,6-10H2;3*1-2H3. The molecule has 19 heavy (non-hydrogen) atoms. The molecule has 0 unspecified atom stereocenters. The van der Waals surface area contributed by atoms with Crippen LogP contribution in [0.5, 0.6) is 0 Å². The number of nitrogens with one attached hydrogen (secondary N) is 1. The lowest BCUT2D eigenvalue weighted by molar-refractivity contribution is 0.233. The normalized spacial score (nSPS) is 13.8. The second-order valence-corrected chi connectivity index (χ2v) is 3.51. The Labute approximate surface area is 121 Å². The quantitative estimate of drug-likeness (QED) is 0.864. The van der Waals surface area contributed by atoms with E-state index in [1.165, 1.54) is 18.7 Å². The van der Waals surface area contributed by atoms with Crippen molar-refractivity contribution in [1.29, 1.82) is 0 Å². The summed E-state index contributed by atoms with van der Waals surface area (Å²) >= 11 is 0. The molecule has 1 aromatic carbocycles. The van der Waals surface area contributed by atoms with Gasteiger partial charge < -0.3 is 5.32 Å². The maximum absolute atomic E-state index is 3.36. The summed E-state index contributed by atoms with van der Waals surface area (Å²) in [6.45, 7) is 17.7. The fourth-order valence-corrected chi connectivity index (χ4v) is 1.71. The van der Waals surface area contributed by atoms with Crippen molar-refractivity contribution < 1.29 is 0 Å². The fraction of sp³-hybridized carbons (Fsp3) is 0.647. The van der Waals surface area contributed by atoms with Gasteiger partial charge in [-0.15, -0.1) is 0 Å². The SMILES string of the molecule is CC.CC.CC.c1ccc(CN2CCNCC2)cc1.